The van der Waals surface area contributed by atoms with Crippen LogP contribution in [-0.2, 0) is 28.6 Å². The summed E-state index contributed by atoms with van der Waals surface area (Å²) in [4.78, 5) is 38.0. The van der Waals surface area contributed by atoms with Gasteiger partial charge in [-0.3, -0.25) is 14.4 Å². The highest BCUT2D eigenvalue weighted by atomic mass is 16.6. The monoisotopic (exact) mass is 881 g/mol. The molecule has 0 bridgehead atoms. The Bertz CT molecular complexity index is 1150. The molecule has 0 N–H and O–H groups in total. The summed E-state index contributed by atoms with van der Waals surface area (Å²) < 4.78 is 16.8. The van der Waals surface area contributed by atoms with Crippen LogP contribution in [0.15, 0.2) is 60.8 Å². The Morgan fingerprint density at radius 2 is 0.619 bits per heavy atom. The number of carbonyl (C=O) groups excluding carboxylic acids is 3. The second-order valence-corrected chi connectivity index (χ2v) is 17.8. The van der Waals surface area contributed by atoms with Crippen molar-refractivity contribution in [1.82, 2.24) is 0 Å². The SMILES string of the molecule is CC/C=C\C/C=C\C/C=C\C/C=C\CCCCC(=O)OC(COC(=O)CCCCCCC/C=C\CCCCCCC)COC(=O)CCCCCCCCCCCCCCCCCC. The Morgan fingerprint density at radius 3 is 1.02 bits per heavy atom. The number of hydrogen-bond donors (Lipinski definition) is 0. The topological polar surface area (TPSA) is 78.9 Å². The number of allylic oxidation sites excluding steroid dienone is 10. The molecule has 0 spiro atoms. The highest BCUT2D eigenvalue weighted by molar-refractivity contribution is 5.71. The lowest BCUT2D eigenvalue weighted by atomic mass is 10.0. The van der Waals surface area contributed by atoms with Gasteiger partial charge >= 0.3 is 17.9 Å². The highest BCUT2D eigenvalue weighted by Crippen LogP contribution is 2.15. The number of hydrogen-bond acceptors (Lipinski definition) is 6. The lowest BCUT2D eigenvalue weighted by molar-refractivity contribution is -0.167. The van der Waals surface area contributed by atoms with Crippen LogP contribution in [0.3, 0.4) is 0 Å². The molecule has 0 heterocycles. The first-order valence-electron chi connectivity index (χ1n) is 26.8. The zero-order chi connectivity index (χ0) is 45.8. The summed E-state index contributed by atoms with van der Waals surface area (Å²) in [5.74, 6) is -0.934. The van der Waals surface area contributed by atoms with Crippen molar-refractivity contribution in [2.75, 3.05) is 13.2 Å². The van der Waals surface area contributed by atoms with Gasteiger partial charge < -0.3 is 14.2 Å². The summed E-state index contributed by atoms with van der Waals surface area (Å²) in [6.07, 6.45) is 63.5. The molecule has 0 amide bonds. The lowest BCUT2D eigenvalue weighted by Crippen LogP contribution is -2.30. The van der Waals surface area contributed by atoms with E-state index in [1.54, 1.807) is 0 Å². The van der Waals surface area contributed by atoms with E-state index in [0.29, 0.717) is 19.3 Å². The van der Waals surface area contributed by atoms with Gasteiger partial charge in [0, 0.05) is 19.3 Å². The summed E-state index contributed by atoms with van der Waals surface area (Å²) in [5, 5.41) is 0. The largest absolute Gasteiger partial charge is 0.462 e. The van der Waals surface area contributed by atoms with Crippen LogP contribution in [-0.4, -0.2) is 37.2 Å². The molecule has 1 atom stereocenters. The standard InChI is InChI=1S/C57H100O6/c1-4-7-10-13-16-19-22-25-28-30-32-35-38-41-44-47-50-56(59)62-53-54(52-61-55(58)49-46-43-40-37-34-31-27-24-21-18-15-12-9-6-3)63-57(60)51-48-45-42-39-36-33-29-26-23-20-17-14-11-8-5-2/h8,11,17,20,24,26-27,29,36,39,54H,4-7,9-10,12-16,18-19,21-23,25,28,30-35,37-38,40-53H2,1-3H3/b11-8-,20-17-,27-24-,29-26-,39-36-. The lowest BCUT2D eigenvalue weighted by Gasteiger charge is -2.18. The van der Waals surface area contributed by atoms with E-state index in [0.717, 1.165) is 83.5 Å². The van der Waals surface area contributed by atoms with Crippen molar-refractivity contribution in [3.8, 4) is 0 Å². The second-order valence-electron chi connectivity index (χ2n) is 17.8. The third-order valence-corrected chi connectivity index (χ3v) is 11.5. The molecule has 6 nitrogen and oxygen atoms in total. The number of carbonyl (C=O) groups is 3. The zero-order valence-electron chi connectivity index (χ0n) is 41.6. The molecule has 63 heavy (non-hydrogen) atoms. The van der Waals surface area contributed by atoms with Crippen LogP contribution in [0, 0.1) is 0 Å². The minimum atomic E-state index is -0.796. The first kappa shape index (κ1) is 60.1. The maximum atomic E-state index is 12.8. The van der Waals surface area contributed by atoms with Gasteiger partial charge in [0.05, 0.1) is 0 Å². The fourth-order valence-electron chi connectivity index (χ4n) is 7.49. The second kappa shape index (κ2) is 51.7. The van der Waals surface area contributed by atoms with Crippen LogP contribution in [0.4, 0.5) is 0 Å². The fourth-order valence-corrected chi connectivity index (χ4v) is 7.49. The van der Waals surface area contributed by atoms with Crippen LogP contribution in [0.2, 0.25) is 0 Å². The number of rotatable bonds is 48. The molecule has 0 aromatic rings. The molecule has 0 aliphatic rings. The van der Waals surface area contributed by atoms with Gasteiger partial charge in [-0.15, -0.1) is 0 Å². The van der Waals surface area contributed by atoms with E-state index < -0.39 is 6.10 Å². The van der Waals surface area contributed by atoms with Gasteiger partial charge in [-0.25, -0.2) is 0 Å². The van der Waals surface area contributed by atoms with E-state index in [9.17, 15) is 14.4 Å². The zero-order valence-corrected chi connectivity index (χ0v) is 41.6. The molecular formula is C57H100O6. The maximum Gasteiger partial charge on any atom is 0.306 e. The van der Waals surface area contributed by atoms with Gasteiger partial charge in [0.1, 0.15) is 13.2 Å². The Hall–Kier alpha value is -2.89. The van der Waals surface area contributed by atoms with E-state index in [4.69, 9.17) is 14.2 Å². The van der Waals surface area contributed by atoms with Crippen molar-refractivity contribution in [1.29, 1.82) is 0 Å². The quantitative estimate of drug-likeness (QED) is 0.0262. The summed E-state index contributed by atoms with van der Waals surface area (Å²) in [6, 6.07) is 0. The normalized spacial score (nSPS) is 12.5. The minimum absolute atomic E-state index is 0.0913. The molecule has 0 fully saturated rings. The van der Waals surface area contributed by atoms with Crippen LogP contribution in [0.5, 0.6) is 0 Å². The van der Waals surface area contributed by atoms with E-state index in [1.807, 2.05) is 0 Å². The van der Waals surface area contributed by atoms with Crippen LogP contribution < -0.4 is 0 Å². The van der Waals surface area contributed by atoms with Crippen molar-refractivity contribution in [2.24, 2.45) is 0 Å². The molecule has 0 radical (unpaired) electrons. The number of unbranched alkanes of at least 4 members (excludes halogenated alkanes) is 27. The van der Waals surface area contributed by atoms with Crippen molar-refractivity contribution in [3.05, 3.63) is 60.8 Å². The van der Waals surface area contributed by atoms with Gasteiger partial charge in [-0.05, 0) is 83.5 Å². The molecule has 6 heteroatoms. The minimum Gasteiger partial charge on any atom is -0.462 e. The van der Waals surface area contributed by atoms with Gasteiger partial charge in [-0.2, -0.15) is 0 Å². The molecular weight excluding hydrogens is 781 g/mol. The Kier molecular flexibility index (Phi) is 49.4. The van der Waals surface area contributed by atoms with Crippen LogP contribution in [0.25, 0.3) is 0 Å². The Balaban J connectivity index is 4.43. The summed E-state index contributed by atoms with van der Waals surface area (Å²) >= 11 is 0. The summed E-state index contributed by atoms with van der Waals surface area (Å²) in [5.41, 5.74) is 0. The van der Waals surface area contributed by atoms with Crippen molar-refractivity contribution in [2.45, 2.75) is 271 Å². The number of ether oxygens (including phenoxy) is 3. The van der Waals surface area contributed by atoms with Crippen LogP contribution >= 0.6 is 0 Å². The first-order valence-corrected chi connectivity index (χ1v) is 26.8. The molecule has 0 saturated heterocycles. The van der Waals surface area contributed by atoms with Crippen molar-refractivity contribution >= 4 is 17.9 Å². The number of esters is 3. The van der Waals surface area contributed by atoms with Gasteiger partial charge in [0.2, 0.25) is 0 Å². The molecule has 0 aliphatic heterocycles. The van der Waals surface area contributed by atoms with Gasteiger partial charge in [-0.1, -0.05) is 223 Å². The average Bonchev–Trinajstić information content (AvgIpc) is 3.28. The maximum absolute atomic E-state index is 12.8. The average molecular weight is 881 g/mol. The van der Waals surface area contributed by atoms with Gasteiger partial charge in [0.25, 0.3) is 0 Å². The fraction of sp³-hybridized carbons (Fsp3) is 0.772. The molecule has 0 rings (SSSR count). The molecule has 1 unspecified atom stereocenters. The molecule has 0 saturated carbocycles. The Labute approximate surface area is 390 Å². The van der Waals surface area contributed by atoms with Crippen molar-refractivity contribution in [3.63, 3.8) is 0 Å². The van der Waals surface area contributed by atoms with Gasteiger partial charge in [0.15, 0.2) is 6.10 Å². The molecule has 0 aromatic carbocycles. The van der Waals surface area contributed by atoms with Crippen molar-refractivity contribution < 1.29 is 28.6 Å². The smallest absolute Gasteiger partial charge is 0.306 e. The predicted molar refractivity (Wildman–Crippen MR) is 270 cm³/mol. The third kappa shape index (κ3) is 50.0. The van der Waals surface area contributed by atoms with E-state index in [1.165, 1.54) is 135 Å². The summed E-state index contributed by atoms with van der Waals surface area (Å²) in [7, 11) is 0. The molecule has 0 aromatic heterocycles. The molecule has 0 aliphatic carbocycles. The summed E-state index contributed by atoms with van der Waals surface area (Å²) in [6.45, 7) is 6.49. The molecule has 364 valence electrons. The van der Waals surface area contributed by atoms with E-state index >= 15 is 0 Å². The predicted octanol–water partition coefficient (Wildman–Crippen LogP) is 17.6. The Morgan fingerprint density at radius 1 is 0.333 bits per heavy atom. The first-order chi connectivity index (χ1) is 31.0. The van der Waals surface area contributed by atoms with E-state index in [-0.39, 0.29) is 37.5 Å². The van der Waals surface area contributed by atoms with Crippen LogP contribution in [0.1, 0.15) is 265 Å². The highest BCUT2D eigenvalue weighted by Gasteiger charge is 2.19. The van der Waals surface area contributed by atoms with E-state index in [2.05, 4.69) is 81.5 Å². The third-order valence-electron chi connectivity index (χ3n) is 11.5.